The van der Waals surface area contributed by atoms with Crippen LogP contribution in [0.2, 0.25) is 0 Å². The van der Waals surface area contributed by atoms with Gasteiger partial charge in [0.25, 0.3) is 0 Å². The van der Waals surface area contributed by atoms with Crippen LogP contribution in [0.3, 0.4) is 0 Å². The Hall–Kier alpha value is -0.180. The first-order valence-electron chi connectivity index (χ1n) is 6.02. The molecule has 0 aliphatic heterocycles. The van der Waals surface area contributed by atoms with Crippen LogP contribution < -0.4 is 0 Å². The smallest absolute Gasteiger partial charge is 0.306 e. The summed E-state index contributed by atoms with van der Waals surface area (Å²) < 4.78 is 4.74. The van der Waals surface area contributed by atoms with Crippen LogP contribution in [0.5, 0.6) is 0 Å². The van der Waals surface area contributed by atoms with Gasteiger partial charge >= 0.3 is 5.97 Å². The number of hydrogen-bond donors (Lipinski definition) is 0. The lowest BCUT2D eigenvalue weighted by molar-refractivity contribution is -0.141. The third-order valence-corrected chi connectivity index (χ3v) is 4.42. The predicted molar refractivity (Wildman–Crippen MR) is 69.7 cm³/mol. The quantitative estimate of drug-likeness (QED) is 0.528. The molecule has 0 amide bonds. The molecule has 1 saturated carbocycles. The van der Waals surface area contributed by atoms with Crippen LogP contribution >= 0.6 is 11.8 Å². The van der Waals surface area contributed by atoms with Crippen LogP contribution in [0.1, 0.15) is 46.5 Å². The van der Waals surface area contributed by atoms with Gasteiger partial charge in [-0.3, -0.25) is 4.79 Å². The number of hydrogen-bond acceptors (Lipinski definition) is 3. The Bertz CT molecular complexity index is 239. The third kappa shape index (κ3) is 5.24. The van der Waals surface area contributed by atoms with Crippen LogP contribution in [0.25, 0.3) is 0 Å². The molecule has 0 heterocycles. The molecule has 0 aromatic carbocycles. The summed E-state index contributed by atoms with van der Waals surface area (Å²) in [5.74, 6) is 2.28. The van der Waals surface area contributed by atoms with E-state index in [2.05, 4.69) is 20.8 Å². The fourth-order valence-corrected chi connectivity index (χ4v) is 3.32. The van der Waals surface area contributed by atoms with Crippen molar-refractivity contribution in [2.24, 2.45) is 10.8 Å². The van der Waals surface area contributed by atoms with E-state index in [1.165, 1.54) is 32.1 Å². The SMILES string of the molecule is COC(=O)CC1(CSCCC(C)(C)C)CC1. The van der Waals surface area contributed by atoms with Gasteiger partial charge in [0.1, 0.15) is 0 Å². The van der Waals surface area contributed by atoms with Gasteiger partial charge < -0.3 is 4.74 Å². The number of thioether (sulfide) groups is 1. The molecule has 0 N–H and O–H groups in total. The number of carbonyl (C=O) groups excluding carboxylic acids is 1. The van der Waals surface area contributed by atoms with E-state index in [9.17, 15) is 4.79 Å². The summed E-state index contributed by atoms with van der Waals surface area (Å²) in [6.07, 6.45) is 4.26. The lowest BCUT2D eigenvalue weighted by atomic mass is 9.94. The van der Waals surface area contributed by atoms with Crippen molar-refractivity contribution in [3.63, 3.8) is 0 Å². The molecule has 0 saturated heterocycles. The molecule has 16 heavy (non-hydrogen) atoms. The van der Waals surface area contributed by atoms with Crippen molar-refractivity contribution in [1.82, 2.24) is 0 Å². The van der Waals surface area contributed by atoms with Gasteiger partial charge in [0.05, 0.1) is 13.5 Å². The zero-order valence-corrected chi connectivity index (χ0v) is 11.8. The summed E-state index contributed by atoms with van der Waals surface area (Å²) >= 11 is 1.99. The van der Waals surface area contributed by atoms with Crippen molar-refractivity contribution in [2.75, 3.05) is 18.6 Å². The molecule has 1 aliphatic rings. The number of ether oxygens (including phenoxy) is 1. The molecular formula is C13H24O2S. The van der Waals surface area contributed by atoms with E-state index in [0.717, 1.165) is 5.75 Å². The van der Waals surface area contributed by atoms with Crippen molar-refractivity contribution < 1.29 is 9.53 Å². The maximum atomic E-state index is 11.2. The van der Waals surface area contributed by atoms with E-state index in [1.807, 2.05) is 11.8 Å². The summed E-state index contributed by atoms with van der Waals surface area (Å²) in [7, 11) is 1.48. The molecule has 3 heteroatoms. The van der Waals surface area contributed by atoms with Crippen LogP contribution in [-0.2, 0) is 9.53 Å². The van der Waals surface area contributed by atoms with E-state index in [1.54, 1.807) is 0 Å². The second-order valence-corrected chi connectivity index (χ2v) is 7.22. The first kappa shape index (κ1) is 13.9. The van der Waals surface area contributed by atoms with Crippen LogP contribution in [-0.4, -0.2) is 24.6 Å². The topological polar surface area (TPSA) is 26.3 Å². The van der Waals surface area contributed by atoms with E-state index >= 15 is 0 Å². The Balaban J connectivity index is 2.15. The summed E-state index contributed by atoms with van der Waals surface area (Å²) in [4.78, 5) is 11.2. The standard InChI is InChI=1S/C13H24O2S/c1-12(2,3)7-8-16-10-13(5-6-13)9-11(14)15-4/h5-10H2,1-4H3. The molecule has 0 atom stereocenters. The Labute approximate surface area is 104 Å². The Morgan fingerprint density at radius 3 is 2.44 bits per heavy atom. The molecule has 2 nitrogen and oxygen atoms in total. The minimum atomic E-state index is -0.0473. The molecule has 1 rings (SSSR count). The predicted octanol–water partition coefficient (Wildman–Crippen LogP) is 3.50. The normalized spacial score (nSPS) is 18.2. The monoisotopic (exact) mass is 244 g/mol. The largest absolute Gasteiger partial charge is 0.469 e. The maximum absolute atomic E-state index is 11.2. The lowest BCUT2D eigenvalue weighted by Gasteiger charge is -2.19. The van der Waals surface area contributed by atoms with Gasteiger partial charge in [-0.05, 0) is 41.6 Å². The van der Waals surface area contributed by atoms with Crippen LogP contribution in [0.4, 0.5) is 0 Å². The Morgan fingerprint density at radius 1 is 1.38 bits per heavy atom. The second-order valence-electron chi connectivity index (χ2n) is 6.12. The maximum Gasteiger partial charge on any atom is 0.306 e. The van der Waals surface area contributed by atoms with Crippen molar-refractivity contribution >= 4 is 17.7 Å². The molecular weight excluding hydrogens is 220 g/mol. The highest BCUT2D eigenvalue weighted by Gasteiger charge is 2.44. The van der Waals surface area contributed by atoms with Gasteiger partial charge in [-0.1, -0.05) is 20.8 Å². The summed E-state index contributed by atoms with van der Waals surface area (Å²) in [5.41, 5.74) is 0.710. The number of carbonyl (C=O) groups is 1. The molecule has 0 bridgehead atoms. The van der Waals surface area contributed by atoms with Crippen molar-refractivity contribution in [1.29, 1.82) is 0 Å². The minimum absolute atomic E-state index is 0.0473. The van der Waals surface area contributed by atoms with E-state index in [0.29, 0.717) is 11.8 Å². The van der Waals surface area contributed by atoms with Gasteiger partial charge in [0, 0.05) is 0 Å². The average molecular weight is 244 g/mol. The molecule has 0 spiro atoms. The Kier molecular flexibility index (Phi) is 4.72. The summed E-state index contributed by atoms with van der Waals surface area (Å²) in [6.45, 7) is 6.82. The van der Waals surface area contributed by atoms with Gasteiger partial charge in [0.2, 0.25) is 0 Å². The molecule has 0 aromatic heterocycles. The first-order valence-corrected chi connectivity index (χ1v) is 7.17. The fourth-order valence-electron chi connectivity index (χ4n) is 1.59. The van der Waals surface area contributed by atoms with Crippen molar-refractivity contribution in [3.8, 4) is 0 Å². The highest BCUT2D eigenvalue weighted by Crippen LogP contribution is 2.51. The number of rotatable bonds is 6. The summed E-state index contributed by atoms with van der Waals surface area (Å²) in [5, 5.41) is 0. The van der Waals surface area contributed by atoms with Gasteiger partial charge in [0.15, 0.2) is 0 Å². The fraction of sp³-hybridized carbons (Fsp3) is 0.923. The lowest BCUT2D eigenvalue weighted by Crippen LogP contribution is -2.14. The molecule has 1 aliphatic carbocycles. The van der Waals surface area contributed by atoms with Crippen LogP contribution in [0.15, 0.2) is 0 Å². The zero-order valence-electron chi connectivity index (χ0n) is 11.0. The van der Waals surface area contributed by atoms with E-state index in [-0.39, 0.29) is 11.4 Å². The minimum Gasteiger partial charge on any atom is -0.469 e. The Morgan fingerprint density at radius 2 is 2.00 bits per heavy atom. The number of methoxy groups -OCH3 is 1. The molecule has 94 valence electrons. The molecule has 0 aromatic rings. The van der Waals surface area contributed by atoms with Crippen molar-refractivity contribution in [3.05, 3.63) is 0 Å². The summed E-state index contributed by atoms with van der Waals surface area (Å²) in [6, 6.07) is 0. The first-order chi connectivity index (χ1) is 7.37. The number of esters is 1. The van der Waals surface area contributed by atoms with E-state index < -0.39 is 0 Å². The molecule has 1 fully saturated rings. The van der Waals surface area contributed by atoms with Gasteiger partial charge in [-0.15, -0.1) is 0 Å². The highest BCUT2D eigenvalue weighted by atomic mass is 32.2. The highest BCUT2D eigenvalue weighted by molar-refractivity contribution is 7.99. The molecule has 0 radical (unpaired) electrons. The van der Waals surface area contributed by atoms with Crippen LogP contribution in [0, 0.1) is 10.8 Å². The zero-order chi connectivity index (χ0) is 12.2. The van der Waals surface area contributed by atoms with E-state index in [4.69, 9.17) is 4.74 Å². The molecule has 0 unspecified atom stereocenters. The average Bonchev–Trinajstić information content (AvgIpc) is 2.92. The second kappa shape index (κ2) is 5.44. The third-order valence-electron chi connectivity index (χ3n) is 3.11. The van der Waals surface area contributed by atoms with Gasteiger partial charge in [-0.25, -0.2) is 0 Å². The van der Waals surface area contributed by atoms with Crippen molar-refractivity contribution in [2.45, 2.75) is 46.5 Å². The van der Waals surface area contributed by atoms with Gasteiger partial charge in [-0.2, -0.15) is 11.8 Å².